The van der Waals surface area contributed by atoms with Crippen molar-refractivity contribution < 1.29 is 18.1 Å². The van der Waals surface area contributed by atoms with Crippen molar-refractivity contribution >= 4 is 17.1 Å². The lowest BCUT2D eigenvalue weighted by atomic mass is 10.1. The van der Waals surface area contributed by atoms with Crippen LogP contribution in [0.25, 0.3) is 0 Å². The Kier molecular flexibility index (Phi) is 4.84. The number of benzene rings is 2. The van der Waals surface area contributed by atoms with Crippen molar-refractivity contribution in [2.24, 2.45) is 0 Å². The molecule has 5 nitrogen and oxygen atoms in total. The predicted octanol–water partition coefficient (Wildman–Crippen LogP) is 3.61. The van der Waals surface area contributed by atoms with Gasteiger partial charge in [-0.1, -0.05) is 18.2 Å². The van der Waals surface area contributed by atoms with Gasteiger partial charge in [0.05, 0.1) is 23.5 Å². The van der Waals surface area contributed by atoms with E-state index in [4.69, 9.17) is 4.94 Å². The summed E-state index contributed by atoms with van der Waals surface area (Å²) in [5, 5.41) is 1.83. The first kappa shape index (κ1) is 17.9. The maximum absolute atomic E-state index is 12.9. The normalized spacial score (nSPS) is 17.7. The lowest BCUT2D eigenvalue weighted by molar-refractivity contribution is -0.137. The summed E-state index contributed by atoms with van der Waals surface area (Å²) in [5.41, 5.74) is 4.89. The highest BCUT2D eigenvalue weighted by atomic mass is 19.4. The molecule has 0 aromatic heterocycles. The van der Waals surface area contributed by atoms with Gasteiger partial charge in [0.15, 0.2) is 0 Å². The SMILES string of the molecule is FC(F)(F)c1cccc(N2CCN(CCN3ONc4ccccc43)CC2)c1. The minimum atomic E-state index is -4.31. The molecule has 2 aliphatic heterocycles. The molecule has 2 aromatic carbocycles. The topological polar surface area (TPSA) is 31.0 Å². The summed E-state index contributed by atoms with van der Waals surface area (Å²) in [4.78, 5) is 9.80. The summed E-state index contributed by atoms with van der Waals surface area (Å²) >= 11 is 0. The Morgan fingerprint density at radius 3 is 2.48 bits per heavy atom. The molecule has 0 amide bonds. The number of piperazine rings is 1. The molecular weight excluding hydrogens is 357 g/mol. The van der Waals surface area contributed by atoms with E-state index in [1.807, 2.05) is 34.2 Å². The van der Waals surface area contributed by atoms with E-state index >= 15 is 0 Å². The standard InChI is InChI=1S/C19H21F3N4O/c20-19(21,22)15-4-3-5-16(14-15)25-11-8-24(9-12-25)10-13-26-18-7-2-1-6-17(18)23-27-26/h1-7,14,23H,8-13H2. The van der Waals surface area contributed by atoms with E-state index < -0.39 is 11.7 Å². The fraction of sp³-hybridized carbons (Fsp3) is 0.368. The van der Waals surface area contributed by atoms with Crippen LogP contribution in [0.3, 0.4) is 0 Å². The van der Waals surface area contributed by atoms with Crippen molar-refractivity contribution in [2.75, 3.05) is 54.7 Å². The van der Waals surface area contributed by atoms with Crippen LogP contribution in [0.5, 0.6) is 0 Å². The van der Waals surface area contributed by atoms with Gasteiger partial charge < -0.3 is 4.90 Å². The molecular formula is C19H21F3N4O. The van der Waals surface area contributed by atoms with E-state index in [1.165, 1.54) is 12.1 Å². The number of anilines is 3. The Morgan fingerprint density at radius 2 is 1.70 bits per heavy atom. The van der Waals surface area contributed by atoms with Gasteiger partial charge >= 0.3 is 6.18 Å². The maximum atomic E-state index is 12.9. The quantitative estimate of drug-likeness (QED) is 0.879. The third kappa shape index (κ3) is 3.96. The number of rotatable bonds is 4. The van der Waals surface area contributed by atoms with Crippen LogP contribution in [0.15, 0.2) is 48.5 Å². The fourth-order valence-electron chi connectivity index (χ4n) is 3.44. The minimum absolute atomic E-state index is 0.597. The largest absolute Gasteiger partial charge is 0.416 e. The van der Waals surface area contributed by atoms with Gasteiger partial charge in [-0.15, -0.1) is 0 Å². The molecule has 2 aromatic rings. The number of hydroxylamine groups is 1. The average molecular weight is 378 g/mol. The number of para-hydroxylation sites is 2. The molecule has 0 spiro atoms. The molecule has 27 heavy (non-hydrogen) atoms. The molecule has 4 rings (SSSR count). The lowest BCUT2D eigenvalue weighted by Gasteiger charge is -2.36. The summed E-state index contributed by atoms with van der Waals surface area (Å²) in [6.45, 7) is 4.56. The van der Waals surface area contributed by atoms with Gasteiger partial charge in [-0.05, 0) is 30.3 Å². The first-order valence-corrected chi connectivity index (χ1v) is 8.95. The number of nitrogens with zero attached hydrogens (tertiary/aromatic N) is 3. The van der Waals surface area contributed by atoms with Crippen molar-refractivity contribution in [2.45, 2.75) is 6.18 Å². The zero-order chi connectivity index (χ0) is 18.9. The van der Waals surface area contributed by atoms with Crippen LogP contribution in [0.4, 0.5) is 30.2 Å². The Morgan fingerprint density at radius 1 is 0.926 bits per heavy atom. The number of hydrogen-bond donors (Lipinski definition) is 1. The minimum Gasteiger partial charge on any atom is -0.369 e. The van der Waals surface area contributed by atoms with Gasteiger partial charge in [-0.3, -0.25) is 4.90 Å². The van der Waals surface area contributed by atoms with Crippen LogP contribution in [-0.2, 0) is 11.1 Å². The summed E-state index contributed by atoms with van der Waals surface area (Å²) < 4.78 is 38.7. The van der Waals surface area contributed by atoms with Crippen molar-refractivity contribution in [1.29, 1.82) is 0 Å². The van der Waals surface area contributed by atoms with E-state index in [9.17, 15) is 13.2 Å². The van der Waals surface area contributed by atoms with Gasteiger partial charge in [0.1, 0.15) is 0 Å². The molecule has 0 saturated carbocycles. The maximum Gasteiger partial charge on any atom is 0.416 e. The smallest absolute Gasteiger partial charge is 0.369 e. The summed E-state index contributed by atoms with van der Waals surface area (Å²) in [6.07, 6.45) is -4.31. The molecule has 8 heteroatoms. The van der Waals surface area contributed by atoms with E-state index in [-0.39, 0.29) is 0 Å². The second-order valence-corrected chi connectivity index (χ2v) is 6.69. The number of alkyl halides is 3. The van der Waals surface area contributed by atoms with E-state index in [2.05, 4.69) is 10.4 Å². The zero-order valence-electron chi connectivity index (χ0n) is 14.7. The van der Waals surface area contributed by atoms with E-state index in [1.54, 1.807) is 6.07 Å². The van der Waals surface area contributed by atoms with E-state index in [0.717, 1.165) is 37.1 Å². The second kappa shape index (κ2) is 7.28. The molecule has 1 fully saturated rings. The van der Waals surface area contributed by atoms with Gasteiger partial charge in [0.25, 0.3) is 0 Å². The average Bonchev–Trinajstić information content (AvgIpc) is 3.09. The molecule has 0 aliphatic carbocycles. The third-order valence-corrected chi connectivity index (χ3v) is 4.97. The van der Waals surface area contributed by atoms with Crippen molar-refractivity contribution in [1.82, 2.24) is 4.90 Å². The molecule has 0 bridgehead atoms. The molecule has 0 atom stereocenters. The highest BCUT2D eigenvalue weighted by molar-refractivity contribution is 5.70. The van der Waals surface area contributed by atoms with Crippen LogP contribution in [0, 0.1) is 0 Å². The Bertz CT molecular complexity index is 791. The highest BCUT2D eigenvalue weighted by Gasteiger charge is 2.31. The summed E-state index contributed by atoms with van der Waals surface area (Å²) in [5.74, 6) is 0. The Labute approximate surface area is 155 Å². The van der Waals surface area contributed by atoms with E-state index in [0.29, 0.717) is 25.3 Å². The molecule has 0 radical (unpaired) electrons. The first-order chi connectivity index (χ1) is 13.0. The van der Waals surface area contributed by atoms with Crippen LogP contribution in [0.1, 0.15) is 5.56 Å². The van der Waals surface area contributed by atoms with Crippen molar-refractivity contribution in [3.05, 3.63) is 54.1 Å². The highest BCUT2D eigenvalue weighted by Crippen LogP contribution is 2.32. The molecule has 2 aliphatic rings. The van der Waals surface area contributed by atoms with Gasteiger partial charge in [0, 0.05) is 38.4 Å². The molecule has 1 N–H and O–H groups in total. The molecule has 1 saturated heterocycles. The Hall–Kier alpha value is -2.45. The monoisotopic (exact) mass is 378 g/mol. The van der Waals surface area contributed by atoms with Crippen LogP contribution < -0.4 is 15.4 Å². The molecule has 0 unspecified atom stereocenters. The van der Waals surface area contributed by atoms with Crippen molar-refractivity contribution in [3.63, 3.8) is 0 Å². The van der Waals surface area contributed by atoms with Crippen LogP contribution in [0.2, 0.25) is 0 Å². The van der Waals surface area contributed by atoms with Gasteiger partial charge in [0.2, 0.25) is 0 Å². The van der Waals surface area contributed by atoms with Gasteiger partial charge in [-0.2, -0.15) is 18.1 Å². The summed E-state index contributed by atoms with van der Waals surface area (Å²) in [7, 11) is 0. The van der Waals surface area contributed by atoms with Gasteiger partial charge in [-0.25, -0.2) is 10.5 Å². The van der Waals surface area contributed by atoms with Crippen LogP contribution >= 0.6 is 0 Å². The van der Waals surface area contributed by atoms with Crippen molar-refractivity contribution in [3.8, 4) is 0 Å². The zero-order valence-corrected chi connectivity index (χ0v) is 14.7. The fourth-order valence-corrected chi connectivity index (χ4v) is 3.44. The molecule has 2 heterocycles. The number of fused-ring (bicyclic) bond motifs is 1. The predicted molar refractivity (Wildman–Crippen MR) is 98.6 cm³/mol. The summed E-state index contributed by atoms with van der Waals surface area (Å²) in [6, 6.07) is 13.4. The third-order valence-electron chi connectivity index (χ3n) is 4.97. The Balaban J connectivity index is 1.30. The second-order valence-electron chi connectivity index (χ2n) is 6.69. The number of halogens is 3. The van der Waals surface area contributed by atoms with Crippen LogP contribution in [-0.4, -0.2) is 44.2 Å². The number of nitrogens with one attached hydrogen (secondary N) is 1. The first-order valence-electron chi connectivity index (χ1n) is 8.95. The number of hydrogen-bond acceptors (Lipinski definition) is 5. The molecule has 144 valence electrons. The lowest BCUT2D eigenvalue weighted by Crippen LogP contribution is -2.48.